The van der Waals surface area contributed by atoms with Crippen molar-refractivity contribution in [2.24, 2.45) is 0 Å². The quantitative estimate of drug-likeness (QED) is 0.336. The Morgan fingerprint density at radius 3 is 2.33 bits per heavy atom. The second kappa shape index (κ2) is 2.96. The lowest BCUT2D eigenvalue weighted by atomic mass is 11.9. The van der Waals surface area contributed by atoms with Crippen LogP contribution in [-0.2, 0) is 14.1 Å². The summed E-state index contributed by atoms with van der Waals surface area (Å²) in [5, 5.41) is 0. The van der Waals surface area contributed by atoms with Gasteiger partial charge in [-0.05, 0) is 0 Å². The predicted molar refractivity (Wildman–Crippen MR) is 27.9 cm³/mol. The van der Waals surface area contributed by atoms with Crippen LogP contribution in [0.1, 0.15) is 12.4 Å². The van der Waals surface area contributed by atoms with E-state index in [4.69, 9.17) is 11.0 Å². The molecule has 0 heterocycles. The molecule has 0 spiro atoms. The van der Waals surface area contributed by atoms with Crippen molar-refractivity contribution in [2.45, 2.75) is 0 Å². The Bertz CT molecular complexity index is 212. The first-order valence-corrected chi connectivity index (χ1v) is 2.43. The van der Waals surface area contributed by atoms with Gasteiger partial charge >= 0.3 is 0 Å². The normalized spacial score (nSPS) is 34.2. The molecule has 0 aromatic heterocycles. The summed E-state index contributed by atoms with van der Waals surface area (Å²) in [6, 6.07) is 0. The smallest absolute Gasteiger partial charge is 0.101 e. The summed E-state index contributed by atoms with van der Waals surface area (Å²) in [4.78, 5) is 0. The van der Waals surface area contributed by atoms with E-state index in [1.54, 1.807) is 0 Å². The van der Waals surface area contributed by atoms with Gasteiger partial charge in [0.25, 0.3) is 0 Å². The molecule has 0 unspecified atom stereocenters. The van der Waals surface area contributed by atoms with Crippen LogP contribution in [0.25, 0.3) is 0 Å². The highest BCUT2D eigenvalue weighted by atomic mass is 127. The summed E-state index contributed by atoms with van der Waals surface area (Å²) >= 11 is 0. The van der Waals surface area contributed by atoms with Crippen molar-refractivity contribution < 1.29 is 40.6 Å². The van der Waals surface area contributed by atoms with Crippen molar-refractivity contribution in [3.63, 3.8) is 0 Å². The molecule has 1 nitrogen and oxygen atoms in total. The molecular weight excluding hydrogens is 211 g/mol. The van der Waals surface area contributed by atoms with Crippen LogP contribution < -0.4 is 24.0 Å². The Morgan fingerprint density at radius 1 is 1.83 bits per heavy atom. The van der Waals surface area contributed by atoms with Gasteiger partial charge in [0.15, 0.2) is 0 Å². The zero-order chi connectivity index (χ0) is 11.1. The van der Waals surface area contributed by atoms with Crippen LogP contribution in [0.2, 0.25) is 0 Å². The van der Waals surface area contributed by atoms with E-state index in [0.29, 0.717) is 0 Å². The van der Waals surface area contributed by atoms with Crippen molar-refractivity contribution in [1.82, 2.24) is 0 Å². The Kier molecular flexibility index (Phi) is 0.707. The van der Waals surface area contributed by atoms with Crippen molar-refractivity contribution in [3.05, 3.63) is 0 Å². The topological polar surface area (TPSA) is 17.1 Å². The van der Waals surface area contributed by atoms with Crippen LogP contribution in [0.4, 0.5) is 0 Å². The highest BCUT2D eigenvalue weighted by Crippen LogP contribution is 1.78. The van der Waals surface area contributed by atoms with Gasteiger partial charge in [0, 0.05) is 1.43 Å². The van der Waals surface area contributed by atoms with E-state index < -0.39 is 28.5 Å². The third-order valence-electron chi connectivity index (χ3n) is 0. The molecule has 0 saturated heterocycles. The van der Waals surface area contributed by atoms with Crippen LogP contribution in [0.3, 0.4) is 0 Å². The average molecular weight is 231 g/mol. The molecule has 42 valence electrons. The third kappa shape index (κ3) is 94.9. The molecule has 0 amide bonds. The molecule has 0 aromatic rings. The average Bonchev–Trinajstić information content (AvgIpc) is 1.80. The Balaban J connectivity index is -0.000000720. The minimum atomic E-state index is -4.50. The van der Waals surface area contributed by atoms with E-state index >= 15 is 0 Å². The highest BCUT2D eigenvalue weighted by Gasteiger charge is 1.95. The molecule has 6 heavy (non-hydrogen) atoms. The molecule has 3 heteroatoms. The van der Waals surface area contributed by atoms with E-state index in [1.807, 2.05) is 0 Å². The van der Waals surface area contributed by atoms with Gasteiger partial charge in [-0.1, -0.05) is 0 Å². The molecule has 0 aromatic carbocycles. The molecule has 0 saturated carbocycles. The first-order chi connectivity index (χ1) is 5.44. The predicted octanol–water partition coefficient (Wildman–Crippen LogP) is -2.37. The second-order valence-electron chi connectivity index (χ2n) is 0.601. The van der Waals surface area contributed by atoms with Crippen molar-refractivity contribution >= 4 is 9.93 Å². The lowest BCUT2D eigenvalue weighted by Crippen LogP contribution is -3.00. The fourth-order valence-electron chi connectivity index (χ4n) is 0. The highest BCUT2D eigenvalue weighted by molar-refractivity contribution is 8.00. The summed E-state index contributed by atoms with van der Waals surface area (Å²) in [7, 11) is -4.50. The molecule has 0 N–H and O–H groups in total. The van der Waals surface area contributed by atoms with Crippen LogP contribution in [0, 0.1) is 0 Å². The monoisotopic (exact) mass is 231 g/mol. The summed E-state index contributed by atoms with van der Waals surface area (Å²) in [6.07, 6.45) is -8.98. The largest absolute Gasteiger partial charge is 1.00 e. The third-order valence-corrected chi connectivity index (χ3v) is 0. The number of hydrogen-bond acceptors (Lipinski definition) is 1. The summed E-state index contributed by atoms with van der Waals surface area (Å²) in [6.45, 7) is 0. The maximum Gasteiger partial charge on any atom is 0.101 e. The lowest BCUT2D eigenvalue weighted by Gasteiger charge is -1.80. The molecule has 0 aliphatic carbocycles. The zero-order valence-electron chi connectivity index (χ0n) is 10.8. The summed E-state index contributed by atoms with van der Waals surface area (Å²) in [5.41, 5.74) is 0. The molecule has 0 aliphatic rings. The van der Waals surface area contributed by atoms with E-state index in [1.165, 1.54) is 0 Å². The second-order valence-corrected chi connectivity index (χ2v) is 1.80. The van der Waals surface area contributed by atoms with E-state index in [0.717, 1.165) is 0 Å². The Hall–Kier alpha value is 0.880. The molecule has 0 aliphatic heterocycles. The maximum absolute atomic E-state index is 11.4. The Morgan fingerprint density at radius 2 is 2.33 bits per heavy atom. The molecule has 0 bridgehead atoms. The number of hydrogen-bond donors (Lipinski definition) is 0. The minimum Gasteiger partial charge on any atom is -1.00 e. The first kappa shape index (κ1) is 1.43. The van der Waals surface area contributed by atoms with Crippen molar-refractivity contribution in [1.29, 1.82) is 0 Å². The van der Waals surface area contributed by atoms with Gasteiger partial charge in [0.05, 0.1) is 20.9 Å². The van der Waals surface area contributed by atoms with E-state index in [2.05, 4.69) is 0 Å². The van der Waals surface area contributed by atoms with Crippen molar-refractivity contribution in [3.8, 4) is 0 Å². The van der Waals surface area contributed by atoms with E-state index in [9.17, 15) is 4.21 Å². The number of halogens is 1. The fraction of sp³-hybridized carbons (Fsp3) is 1.00. The van der Waals surface area contributed by atoms with Gasteiger partial charge in [-0.2, -0.15) is 0 Å². The van der Waals surface area contributed by atoms with Gasteiger partial charge < -0.3 is 24.0 Å². The van der Waals surface area contributed by atoms with Gasteiger partial charge in [0.1, 0.15) is 18.6 Å². The summed E-state index contributed by atoms with van der Waals surface area (Å²) < 4.78 is 65.2. The molecular formula is C3H11IOS. The van der Waals surface area contributed by atoms with Crippen LogP contribution >= 0.6 is 0 Å². The standard InChI is InChI=1S/C3H9OS.HI.H2/c1-5(2,3)4;;/h1-3H3;2*1H/q+1;;/p-1/i1D2,2D3,3D3;;1+1. The lowest BCUT2D eigenvalue weighted by molar-refractivity contribution is -0.00000277. The minimum absolute atomic E-state index is 0. The van der Waals surface area contributed by atoms with Crippen LogP contribution in [-0.4, -0.2) is 18.6 Å². The molecule has 0 fully saturated rings. The first-order valence-electron chi connectivity index (χ1n) is 4.97. The maximum atomic E-state index is 11.4. The van der Waals surface area contributed by atoms with Crippen molar-refractivity contribution in [2.75, 3.05) is 18.6 Å². The zero-order valence-corrected chi connectivity index (χ0v) is 5.75. The van der Waals surface area contributed by atoms with Crippen LogP contribution in [0.5, 0.6) is 0 Å². The van der Waals surface area contributed by atoms with Crippen LogP contribution in [0.15, 0.2) is 0 Å². The SMILES string of the molecule is [2HH].[2H]C([2H])[S+](=O)(C([2H])([2H])[2H])C([2H])([2H])[2H].[I-]. The Labute approximate surface area is 69.7 Å². The molecule has 0 rings (SSSR count). The summed E-state index contributed by atoms with van der Waals surface area (Å²) in [5.74, 6) is 0. The van der Waals surface area contributed by atoms with Gasteiger partial charge in [-0.15, -0.1) is 4.21 Å². The van der Waals surface area contributed by atoms with Gasteiger partial charge in [-0.25, -0.2) is 0 Å². The fourth-order valence-corrected chi connectivity index (χ4v) is 0. The van der Waals surface area contributed by atoms with E-state index in [-0.39, 0.29) is 25.4 Å². The molecule has 0 radical (unpaired) electrons. The van der Waals surface area contributed by atoms with Gasteiger partial charge in [-0.3, -0.25) is 0 Å². The van der Waals surface area contributed by atoms with Gasteiger partial charge in [0.2, 0.25) is 0 Å². The molecule has 0 atom stereocenters. The number of rotatable bonds is 0.